The van der Waals surface area contributed by atoms with Gasteiger partial charge in [-0.25, -0.2) is 4.39 Å². The van der Waals surface area contributed by atoms with Gasteiger partial charge in [0.05, 0.1) is 0 Å². The van der Waals surface area contributed by atoms with E-state index in [9.17, 15) is 4.39 Å². The summed E-state index contributed by atoms with van der Waals surface area (Å²) < 4.78 is 12.0. The Kier molecular flexibility index (Phi) is 3.58. The zero-order chi connectivity index (χ0) is 6.41. The standard InChI is InChI=1S/C6H8FN/c1-2-3-6(7)4-5-8/h2-5H,1,8H2/b5-4-,6-3+. The van der Waals surface area contributed by atoms with Gasteiger partial charge in [-0.1, -0.05) is 12.7 Å². The van der Waals surface area contributed by atoms with Crippen molar-refractivity contribution in [3.63, 3.8) is 0 Å². The maximum Gasteiger partial charge on any atom is 0.124 e. The van der Waals surface area contributed by atoms with E-state index in [4.69, 9.17) is 5.73 Å². The number of rotatable bonds is 2. The van der Waals surface area contributed by atoms with Crippen LogP contribution in [0.4, 0.5) is 4.39 Å². The van der Waals surface area contributed by atoms with Gasteiger partial charge in [-0.3, -0.25) is 0 Å². The zero-order valence-electron chi connectivity index (χ0n) is 4.47. The maximum atomic E-state index is 12.0. The molecule has 0 spiro atoms. The molecule has 0 atom stereocenters. The number of halogens is 1. The van der Waals surface area contributed by atoms with Gasteiger partial charge in [-0.05, 0) is 18.4 Å². The van der Waals surface area contributed by atoms with Crippen molar-refractivity contribution >= 4 is 0 Å². The van der Waals surface area contributed by atoms with E-state index in [1.807, 2.05) is 0 Å². The Bertz CT molecular complexity index is 124. The Morgan fingerprint density at radius 2 is 2.25 bits per heavy atom. The highest BCUT2D eigenvalue weighted by atomic mass is 19.1. The summed E-state index contributed by atoms with van der Waals surface area (Å²) >= 11 is 0. The third-order valence-electron chi connectivity index (χ3n) is 0.533. The van der Waals surface area contributed by atoms with Gasteiger partial charge in [0.25, 0.3) is 0 Å². The molecule has 0 saturated heterocycles. The Morgan fingerprint density at radius 1 is 1.62 bits per heavy atom. The van der Waals surface area contributed by atoms with Crippen molar-refractivity contribution in [1.29, 1.82) is 0 Å². The van der Waals surface area contributed by atoms with Gasteiger partial charge in [0.1, 0.15) is 5.83 Å². The summed E-state index contributed by atoms with van der Waals surface area (Å²) in [5.74, 6) is -0.387. The first-order valence-electron chi connectivity index (χ1n) is 2.17. The van der Waals surface area contributed by atoms with E-state index < -0.39 is 0 Å². The van der Waals surface area contributed by atoms with Gasteiger partial charge < -0.3 is 5.73 Å². The van der Waals surface area contributed by atoms with Crippen molar-refractivity contribution < 1.29 is 4.39 Å². The molecule has 0 rings (SSSR count). The Hall–Kier alpha value is -1.05. The first-order chi connectivity index (χ1) is 3.81. The van der Waals surface area contributed by atoms with Crippen LogP contribution in [0.2, 0.25) is 0 Å². The molecule has 2 heteroatoms. The Labute approximate surface area is 48.0 Å². The van der Waals surface area contributed by atoms with Crippen molar-refractivity contribution in [3.05, 3.63) is 36.8 Å². The van der Waals surface area contributed by atoms with Gasteiger partial charge in [0.2, 0.25) is 0 Å². The normalized spacial score (nSPS) is 12.4. The second kappa shape index (κ2) is 4.12. The van der Waals surface area contributed by atoms with Crippen molar-refractivity contribution in [3.8, 4) is 0 Å². The van der Waals surface area contributed by atoms with E-state index in [2.05, 4.69) is 6.58 Å². The quantitative estimate of drug-likeness (QED) is 0.539. The second-order valence-corrected chi connectivity index (χ2v) is 1.15. The van der Waals surface area contributed by atoms with Crippen LogP contribution >= 0.6 is 0 Å². The number of allylic oxidation sites excluding steroid dienone is 4. The summed E-state index contributed by atoms with van der Waals surface area (Å²) in [5.41, 5.74) is 4.86. The second-order valence-electron chi connectivity index (χ2n) is 1.15. The van der Waals surface area contributed by atoms with Crippen LogP contribution in [0.5, 0.6) is 0 Å². The fourth-order valence-electron chi connectivity index (χ4n) is 0.260. The molecule has 0 heterocycles. The molecule has 0 bridgehead atoms. The maximum absolute atomic E-state index is 12.0. The molecule has 0 aliphatic rings. The Balaban J connectivity index is 3.79. The molecule has 0 unspecified atom stereocenters. The van der Waals surface area contributed by atoms with Gasteiger partial charge in [0, 0.05) is 0 Å². The van der Waals surface area contributed by atoms with Gasteiger partial charge in [0.15, 0.2) is 0 Å². The fourth-order valence-corrected chi connectivity index (χ4v) is 0.260. The van der Waals surface area contributed by atoms with Crippen LogP contribution in [0.1, 0.15) is 0 Å². The molecule has 0 radical (unpaired) electrons. The lowest BCUT2D eigenvalue weighted by atomic mass is 10.4. The molecule has 0 saturated carbocycles. The molecule has 0 aliphatic carbocycles. The Morgan fingerprint density at radius 3 is 2.62 bits per heavy atom. The van der Waals surface area contributed by atoms with Crippen LogP contribution in [0.15, 0.2) is 36.8 Å². The molecule has 0 aromatic heterocycles. The number of hydrogen-bond donors (Lipinski definition) is 1. The van der Waals surface area contributed by atoms with Crippen LogP contribution in [0.25, 0.3) is 0 Å². The third-order valence-corrected chi connectivity index (χ3v) is 0.533. The van der Waals surface area contributed by atoms with Crippen LogP contribution in [-0.2, 0) is 0 Å². The predicted molar refractivity (Wildman–Crippen MR) is 32.7 cm³/mol. The van der Waals surface area contributed by atoms with E-state index >= 15 is 0 Å². The molecule has 0 fully saturated rings. The summed E-state index contributed by atoms with van der Waals surface area (Å²) in [5, 5.41) is 0. The molecule has 0 aromatic rings. The average Bonchev–Trinajstić information content (AvgIpc) is 1.68. The molecule has 0 aliphatic heterocycles. The highest BCUT2D eigenvalue weighted by molar-refractivity contribution is 5.14. The summed E-state index contributed by atoms with van der Waals surface area (Å²) in [6, 6.07) is 0. The monoisotopic (exact) mass is 113 g/mol. The van der Waals surface area contributed by atoms with Crippen LogP contribution in [0.3, 0.4) is 0 Å². The molecule has 0 aromatic carbocycles. The third kappa shape index (κ3) is 3.15. The fraction of sp³-hybridized carbons (Fsp3) is 0. The molecule has 2 N–H and O–H groups in total. The first kappa shape index (κ1) is 6.95. The first-order valence-corrected chi connectivity index (χ1v) is 2.17. The largest absolute Gasteiger partial charge is 0.405 e. The van der Waals surface area contributed by atoms with Crippen LogP contribution in [0, 0.1) is 0 Å². The highest BCUT2D eigenvalue weighted by Crippen LogP contribution is 1.95. The summed E-state index contributed by atoms with van der Waals surface area (Å²) in [6.45, 7) is 3.29. The minimum absolute atomic E-state index is 0.387. The lowest BCUT2D eigenvalue weighted by molar-refractivity contribution is 0.667. The predicted octanol–water partition coefficient (Wildman–Crippen LogP) is 1.50. The number of hydrogen-bond acceptors (Lipinski definition) is 1. The molecular weight excluding hydrogens is 105 g/mol. The van der Waals surface area contributed by atoms with E-state index in [1.165, 1.54) is 12.2 Å². The van der Waals surface area contributed by atoms with Crippen molar-refractivity contribution in [2.75, 3.05) is 0 Å². The molecule has 0 amide bonds. The average molecular weight is 113 g/mol. The van der Waals surface area contributed by atoms with E-state index in [0.29, 0.717) is 0 Å². The summed E-state index contributed by atoms with van der Waals surface area (Å²) in [6.07, 6.45) is 4.87. The summed E-state index contributed by atoms with van der Waals surface area (Å²) in [4.78, 5) is 0. The highest BCUT2D eigenvalue weighted by Gasteiger charge is 1.78. The zero-order valence-corrected chi connectivity index (χ0v) is 4.47. The lowest BCUT2D eigenvalue weighted by Gasteiger charge is -1.77. The van der Waals surface area contributed by atoms with Gasteiger partial charge >= 0.3 is 0 Å². The molecule has 1 nitrogen and oxygen atoms in total. The minimum Gasteiger partial charge on any atom is -0.405 e. The SMILES string of the molecule is C=C/C=C(F)\C=C/N. The summed E-state index contributed by atoms with van der Waals surface area (Å²) in [7, 11) is 0. The van der Waals surface area contributed by atoms with E-state index in [-0.39, 0.29) is 5.83 Å². The van der Waals surface area contributed by atoms with E-state index in [0.717, 1.165) is 12.3 Å². The van der Waals surface area contributed by atoms with Crippen LogP contribution < -0.4 is 5.73 Å². The minimum atomic E-state index is -0.387. The van der Waals surface area contributed by atoms with Crippen molar-refractivity contribution in [2.24, 2.45) is 5.73 Å². The van der Waals surface area contributed by atoms with Crippen molar-refractivity contribution in [1.82, 2.24) is 0 Å². The van der Waals surface area contributed by atoms with Gasteiger partial charge in [-0.2, -0.15) is 0 Å². The topological polar surface area (TPSA) is 26.0 Å². The molecular formula is C6H8FN. The van der Waals surface area contributed by atoms with Gasteiger partial charge in [-0.15, -0.1) is 0 Å². The van der Waals surface area contributed by atoms with Crippen molar-refractivity contribution in [2.45, 2.75) is 0 Å². The van der Waals surface area contributed by atoms with Crippen LogP contribution in [-0.4, -0.2) is 0 Å². The smallest absolute Gasteiger partial charge is 0.124 e. The molecule has 8 heavy (non-hydrogen) atoms. The number of nitrogens with two attached hydrogens (primary N) is 1. The molecule has 44 valence electrons. The lowest BCUT2D eigenvalue weighted by Crippen LogP contribution is -1.75. The van der Waals surface area contributed by atoms with E-state index in [1.54, 1.807) is 0 Å².